The number of rotatable bonds is 2. The summed E-state index contributed by atoms with van der Waals surface area (Å²) < 4.78 is 31.0. The molecule has 2 aromatic rings. The molecule has 0 unspecified atom stereocenters. The Morgan fingerprint density at radius 3 is 2.32 bits per heavy atom. The Bertz CT molecular complexity index is 862. The van der Waals surface area contributed by atoms with Crippen molar-refractivity contribution in [3.05, 3.63) is 70.8 Å². The van der Waals surface area contributed by atoms with Crippen LogP contribution in [0.3, 0.4) is 0 Å². The van der Waals surface area contributed by atoms with Crippen LogP contribution in [-0.4, -0.2) is 18.8 Å². The molecule has 0 heterocycles. The van der Waals surface area contributed by atoms with E-state index in [1.807, 2.05) is 24.3 Å². The lowest BCUT2D eigenvalue weighted by Gasteiger charge is -2.17. The summed E-state index contributed by atoms with van der Waals surface area (Å²) in [5.41, 5.74) is 3.23. The standard InChI is InChI=1S/C17H14O4S/c18-17-14(8-7-13-3-1-2-4-16(13)17)11-12-5-9-15(10-6-12)22(19,20)21/h1-6,9-11H,7-8H2,(H,19,20,21)/b14-11+. The van der Waals surface area contributed by atoms with E-state index >= 15 is 0 Å². The summed E-state index contributed by atoms with van der Waals surface area (Å²) in [6.07, 6.45) is 3.25. The van der Waals surface area contributed by atoms with E-state index < -0.39 is 10.1 Å². The molecule has 0 saturated carbocycles. The van der Waals surface area contributed by atoms with Crippen LogP contribution in [0.15, 0.2) is 59.0 Å². The average molecular weight is 314 g/mol. The fourth-order valence-electron chi connectivity index (χ4n) is 2.59. The van der Waals surface area contributed by atoms with Crippen molar-refractivity contribution >= 4 is 22.0 Å². The molecule has 112 valence electrons. The molecular weight excluding hydrogens is 300 g/mol. The summed E-state index contributed by atoms with van der Waals surface area (Å²) in [6, 6.07) is 13.4. The molecule has 0 bridgehead atoms. The highest BCUT2D eigenvalue weighted by molar-refractivity contribution is 7.85. The normalized spacial score (nSPS) is 16.6. The van der Waals surface area contributed by atoms with Crippen LogP contribution in [-0.2, 0) is 16.5 Å². The second-order valence-corrected chi connectivity index (χ2v) is 6.62. The van der Waals surface area contributed by atoms with Crippen LogP contribution in [0, 0.1) is 0 Å². The number of fused-ring (bicyclic) bond motifs is 1. The first kappa shape index (κ1) is 14.7. The minimum Gasteiger partial charge on any atom is -0.289 e. The van der Waals surface area contributed by atoms with Crippen LogP contribution in [0.4, 0.5) is 0 Å². The topological polar surface area (TPSA) is 71.4 Å². The van der Waals surface area contributed by atoms with Crippen molar-refractivity contribution in [2.24, 2.45) is 0 Å². The molecule has 3 rings (SSSR count). The largest absolute Gasteiger partial charge is 0.294 e. The van der Waals surface area contributed by atoms with Gasteiger partial charge in [-0.15, -0.1) is 0 Å². The van der Waals surface area contributed by atoms with E-state index in [4.69, 9.17) is 4.55 Å². The van der Waals surface area contributed by atoms with Crippen molar-refractivity contribution < 1.29 is 17.8 Å². The number of benzene rings is 2. The van der Waals surface area contributed by atoms with Crippen molar-refractivity contribution in [2.75, 3.05) is 0 Å². The number of allylic oxidation sites excluding steroid dienone is 1. The molecule has 0 saturated heterocycles. The first-order valence-corrected chi connectivity index (χ1v) is 8.30. The van der Waals surface area contributed by atoms with Crippen molar-refractivity contribution in [1.29, 1.82) is 0 Å². The Kier molecular flexibility index (Phi) is 3.68. The first-order valence-electron chi connectivity index (χ1n) is 6.86. The SMILES string of the molecule is O=C1/C(=C/c2ccc(S(=O)(=O)O)cc2)CCc2ccccc21. The van der Waals surface area contributed by atoms with E-state index in [0.717, 1.165) is 23.1 Å². The van der Waals surface area contributed by atoms with Gasteiger partial charge < -0.3 is 0 Å². The predicted molar refractivity (Wildman–Crippen MR) is 83.3 cm³/mol. The molecule has 0 aromatic heterocycles. The second-order valence-electron chi connectivity index (χ2n) is 5.20. The van der Waals surface area contributed by atoms with Crippen molar-refractivity contribution in [1.82, 2.24) is 0 Å². The van der Waals surface area contributed by atoms with E-state index in [1.54, 1.807) is 18.2 Å². The lowest BCUT2D eigenvalue weighted by atomic mass is 9.86. The van der Waals surface area contributed by atoms with Crippen molar-refractivity contribution in [3.8, 4) is 0 Å². The number of ketones is 1. The highest BCUT2D eigenvalue weighted by atomic mass is 32.2. The van der Waals surface area contributed by atoms with Gasteiger partial charge >= 0.3 is 0 Å². The van der Waals surface area contributed by atoms with Gasteiger partial charge in [-0.2, -0.15) is 8.42 Å². The third kappa shape index (κ3) is 2.86. The number of aryl methyl sites for hydroxylation is 1. The van der Waals surface area contributed by atoms with Crippen LogP contribution in [0.2, 0.25) is 0 Å². The molecule has 0 aliphatic heterocycles. The molecule has 0 radical (unpaired) electrons. The number of Topliss-reactive ketones (excluding diaryl/α,β-unsaturated/α-hetero) is 1. The van der Waals surface area contributed by atoms with Gasteiger partial charge in [0.2, 0.25) is 0 Å². The minimum absolute atomic E-state index is 0.0145. The number of carbonyl (C=O) groups excluding carboxylic acids is 1. The summed E-state index contributed by atoms with van der Waals surface area (Å²) >= 11 is 0. The molecule has 0 fully saturated rings. The van der Waals surface area contributed by atoms with Gasteiger partial charge in [0, 0.05) is 11.1 Å². The molecule has 0 spiro atoms. The highest BCUT2D eigenvalue weighted by Crippen LogP contribution is 2.26. The molecule has 1 N–H and O–H groups in total. The van der Waals surface area contributed by atoms with Gasteiger partial charge in [-0.1, -0.05) is 36.4 Å². The molecule has 5 heteroatoms. The van der Waals surface area contributed by atoms with Crippen LogP contribution in [0.1, 0.15) is 27.9 Å². The maximum Gasteiger partial charge on any atom is 0.294 e. The zero-order chi connectivity index (χ0) is 15.7. The molecule has 0 atom stereocenters. The average Bonchev–Trinajstić information content (AvgIpc) is 2.50. The van der Waals surface area contributed by atoms with Crippen LogP contribution in [0.25, 0.3) is 6.08 Å². The maximum atomic E-state index is 12.4. The molecule has 2 aromatic carbocycles. The summed E-state index contributed by atoms with van der Waals surface area (Å²) in [4.78, 5) is 12.3. The Labute approximate surface area is 128 Å². The summed E-state index contributed by atoms with van der Waals surface area (Å²) in [5, 5.41) is 0. The third-order valence-electron chi connectivity index (χ3n) is 3.74. The van der Waals surface area contributed by atoms with Crippen LogP contribution in [0.5, 0.6) is 0 Å². The lowest BCUT2D eigenvalue weighted by Crippen LogP contribution is -2.13. The van der Waals surface area contributed by atoms with Gasteiger partial charge in [0.1, 0.15) is 0 Å². The Morgan fingerprint density at radius 1 is 0.955 bits per heavy atom. The fourth-order valence-corrected chi connectivity index (χ4v) is 3.07. The minimum atomic E-state index is -4.19. The lowest BCUT2D eigenvalue weighted by molar-refractivity contribution is 0.102. The van der Waals surface area contributed by atoms with Gasteiger partial charge in [0.05, 0.1) is 4.90 Å². The number of hydrogen-bond donors (Lipinski definition) is 1. The zero-order valence-electron chi connectivity index (χ0n) is 11.7. The fraction of sp³-hybridized carbons (Fsp3) is 0.118. The molecular formula is C17H14O4S. The van der Waals surface area contributed by atoms with Gasteiger partial charge in [-0.3, -0.25) is 9.35 Å². The second kappa shape index (κ2) is 5.51. The van der Waals surface area contributed by atoms with E-state index in [1.165, 1.54) is 12.1 Å². The Balaban J connectivity index is 1.92. The summed E-state index contributed by atoms with van der Waals surface area (Å²) in [7, 11) is -4.19. The van der Waals surface area contributed by atoms with Gasteiger partial charge in [-0.05, 0) is 42.2 Å². The van der Waals surface area contributed by atoms with E-state index in [9.17, 15) is 13.2 Å². The number of hydrogen-bond acceptors (Lipinski definition) is 3. The third-order valence-corrected chi connectivity index (χ3v) is 4.60. The van der Waals surface area contributed by atoms with E-state index in [-0.39, 0.29) is 10.7 Å². The predicted octanol–water partition coefficient (Wildman–Crippen LogP) is 3.15. The summed E-state index contributed by atoms with van der Waals surface area (Å²) in [6.45, 7) is 0. The summed E-state index contributed by atoms with van der Waals surface area (Å²) in [5.74, 6) is 0.0145. The molecule has 0 amide bonds. The quantitative estimate of drug-likeness (QED) is 0.683. The smallest absolute Gasteiger partial charge is 0.289 e. The number of carbonyl (C=O) groups is 1. The Morgan fingerprint density at radius 2 is 1.64 bits per heavy atom. The van der Waals surface area contributed by atoms with E-state index in [0.29, 0.717) is 12.0 Å². The molecule has 1 aliphatic rings. The van der Waals surface area contributed by atoms with Crippen LogP contribution >= 0.6 is 0 Å². The van der Waals surface area contributed by atoms with Gasteiger partial charge in [-0.25, -0.2) is 0 Å². The Hall–Kier alpha value is -2.24. The zero-order valence-corrected chi connectivity index (χ0v) is 12.5. The highest BCUT2D eigenvalue weighted by Gasteiger charge is 2.21. The molecule has 22 heavy (non-hydrogen) atoms. The van der Waals surface area contributed by atoms with Gasteiger partial charge in [0.15, 0.2) is 5.78 Å². The molecule has 1 aliphatic carbocycles. The van der Waals surface area contributed by atoms with Crippen LogP contribution < -0.4 is 0 Å². The monoisotopic (exact) mass is 314 g/mol. The van der Waals surface area contributed by atoms with Gasteiger partial charge in [0.25, 0.3) is 10.1 Å². The maximum absolute atomic E-state index is 12.4. The first-order chi connectivity index (χ1) is 10.4. The molecule has 4 nitrogen and oxygen atoms in total. The van der Waals surface area contributed by atoms with Crippen molar-refractivity contribution in [2.45, 2.75) is 17.7 Å². The van der Waals surface area contributed by atoms with Crippen molar-refractivity contribution in [3.63, 3.8) is 0 Å². The van der Waals surface area contributed by atoms with E-state index in [2.05, 4.69) is 0 Å².